The summed E-state index contributed by atoms with van der Waals surface area (Å²) < 4.78 is 5.56. The highest BCUT2D eigenvalue weighted by Gasteiger charge is 2.13. The Labute approximate surface area is 121 Å². The molecule has 0 fully saturated rings. The smallest absolute Gasteiger partial charge is 0.120 e. The average molecular weight is 285 g/mol. The van der Waals surface area contributed by atoms with Crippen molar-refractivity contribution in [2.24, 2.45) is 5.92 Å². The van der Waals surface area contributed by atoms with Crippen molar-refractivity contribution in [3.8, 4) is 5.75 Å². The largest absolute Gasteiger partial charge is 0.491 e. The quantitative estimate of drug-likeness (QED) is 0.713. The van der Waals surface area contributed by atoms with Gasteiger partial charge < -0.3 is 9.84 Å². The van der Waals surface area contributed by atoms with E-state index in [2.05, 4.69) is 13.8 Å². The van der Waals surface area contributed by atoms with Gasteiger partial charge in [0.25, 0.3) is 0 Å². The van der Waals surface area contributed by atoms with E-state index in [4.69, 9.17) is 16.3 Å². The first-order valence-corrected chi connectivity index (χ1v) is 7.59. The number of benzene rings is 1. The molecule has 2 atom stereocenters. The first kappa shape index (κ1) is 16.3. The lowest BCUT2D eigenvalue weighted by Crippen LogP contribution is -2.21. The van der Waals surface area contributed by atoms with Gasteiger partial charge in [0, 0.05) is 5.02 Å². The fourth-order valence-electron chi connectivity index (χ4n) is 2.18. The van der Waals surface area contributed by atoms with Crippen molar-refractivity contribution in [1.29, 1.82) is 0 Å². The van der Waals surface area contributed by atoms with Gasteiger partial charge in [0.15, 0.2) is 0 Å². The fourth-order valence-corrected chi connectivity index (χ4v) is 2.36. The van der Waals surface area contributed by atoms with Crippen molar-refractivity contribution in [3.63, 3.8) is 0 Å². The minimum absolute atomic E-state index is 0.336. The molecule has 1 aromatic rings. The number of hydrogen-bond donors (Lipinski definition) is 1. The fraction of sp³-hybridized carbons (Fsp3) is 0.625. The van der Waals surface area contributed by atoms with E-state index in [1.807, 2.05) is 18.2 Å². The zero-order valence-corrected chi connectivity index (χ0v) is 12.7. The second-order valence-corrected chi connectivity index (χ2v) is 5.51. The molecule has 0 amide bonds. The molecule has 0 aliphatic heterocycles. The standard InChI is InChI=1S/C16H25ClO2/c1-3-5-7-13(4-2)10-15(18)12-19-16-9-6-8-14(17)11-16/h6,8-9,11,13,15,18H,3-5,7,10,12H2,1-2H3. The molecular formula is C16H25ClO2. The van der Waals surface area contributed by atoms with Crippen molar-refractivity contribution in [2.45, 2.75) is 52.1 Å². The van der Waals surface area contributed by atoms with Gasteiger partial charge >= 0.3 is 0 Å². The van der Waals surface area contributed by atoms with E-state index in [-0.39, 0.29) is 0 Å². The van der Waals surface area contributed by atoms with Crippen LogP contribution in [-0.4, -0.2) is 17.8 Å². The highest BCUT2D eigenvalue weighted by Crippen LogP contribution is 2.20. The topological polar surface area (TPSA) is 29.5 Å². The van der Waals surface area contributed by atoms with Crippen LogP contribution < -0.4 is 4.74 Å². The molecule has 1 rings (SSSR count). The van der Waals surface area contributed by atoms with E-state index in [0.29, 0.717) is 23.3 Å². The van der Waals surface area contributed by atoms with E-state index in [0.717, 1.165) is 12.8 Å². The number of unbranched alkanes of at least 4 members (excludes halogenated alkanes) is 1. The lowest BCUT2D eigenvalue weighted by Gasteiger charge is -2.19. The molecule has 0 aromatic heterocycles. The van der Waals surface area contributed by atoms with Crippen LogP contribution in [0, 0.1) is 5.92 Å². The van der Waals surface area contributed by atoms with Crippen molar-refractivity contribution < 1.29 is 9.84 Å². The van der Waals surface area contributed by atoms with Gasteiger partial charge in [0.05, 0.1) is 6.10 Å². The summed E-state index contributed by atoms with van der Waals surface area (Å²) in [5, 5.41) is 10.7. The molecule has 2 nitrogen and oxygen atoms in total. The third kappa shape index (κ3) is 6.84. The molecule has 0 saturated heterocycles. The van der Waals surface area contributed by atoms with Crippen LogP contribution in [0.4, 0.5) is 0 Å². The van der Waals surface area contributed by atoms with E-state index < -0.39 is 6.10 Å². The minimum atomic E-state index is -0.402. The van der Waals surface area contributed by atoms with Gasteiger partial charge in [-0.2, -0.15) is 0 Å². The van der Waals surface area contributed by atoms with Crippen molar-refractivity contribution in [1.82, 2.24) is 0 Å². The first-order valence-electron chi connectivity index (χ1n) is 7.22. The van der Waals surface area contributed by atoms with Crippen LogP contribution in [0.3, 0.4) is 0 Å². The van der Waals surface area contributed by atoms with Gasteiger partial charge in [-0.3, -0.25) is 0 Å². The third-order valence-corrected chi connectivity index (χ3v) is 3.62. The van der Waals surface area contributed by atoms with E-state index in [9.17, 15) is 5.11 Å². The molecule has 1 aromatic carbocycles. The Balaban J connectivity index is 2.32. The summed E-state index contributed by atoms with van der Waals surface area (Å²) >= 11 is 5.88. The van der Waals surface area contributed by atoms with E-state index in [1.54, 1.807) is 6.07 Å². The maximum Gasteiger partial charge on any atom is 0.120 e. The normalized spacial score (nSPS) is 14.1. The summed E-state index contributed by atoms with van der Waals surface area (Å²) in [5.41, 5.74) is 0. The summed E-state index contributed by atoms with van der Waals surface area (Å²) in [6, 6.07) is 7.28. The lowest BCUT2D eigenvalue weighted by atomic mass is 9.93. The van der Waals surface area contributed by atoms with Crippen molar-refractivity contribution in [2.75, 3.05) is 6.61 Å². The molecule has 0 aliphatic carbocycles. The summed E-state index contributed by atoms with van der Waals surface area (Å²) in [6.45, 7) is 4.72. The van der Waals surface area contributed by atoms with Crippen LogP contribution in [0.15, 0.2) is 24.3 Å². The van der Waals surface area contributed by atoms with Gasteiger partial charge in [-0.05, 0) is 30.5 Å². The molecule has 19 heavy (non-hydrogen) atoms. The molecule has 0 spiro atoms. The van der Waals surface area contributed by atoms with Crippen LogP contribution in [0.5, 0.6) is 5.75 Å². The van der Waals surface area contributed by atoms with Gasteiger partial charge in [0.1, 0.15) is 12.4 Å². The minimum Gasteiger partial charge on any atom is -0.491 e. The highest BCUT2D eigenvalue weighted by atomic mass is 35.5. The third-order valence-electron chi connectivity index (χ3n) is 3.39. The van der Waals surface area contributed by atoms with Gasteiger partial charge in [0.2, 0.25) is 0 Å². The Bertz CT molecular complexity index is 354. The molecule has 0 aliphatic rings. The number of hydrogen-bond acceptors (Lipinski definition) is 2. The van der Waals surface area contributed by atoms with Crippen LogP contribution in [0.25, 0.3) is 0 Å². The monoisotopic (exact) mass is 284 g/mol. The number of rotatable bonds is 9. The maximum absolute atomic E-state index is 10.0. The molecule has 1 N–H and O–H groups in total. The second kappa shape index (κ2) is 9.22. The lowest BCUT2D eigenvalue weighted by molar-refractivity contribution is 0.0822. The summed E-state index contributed by atoms with van der Waals surface area (Å²) in [6.07, 6.45) is 5.18. The summed E-state index contributed by atoms with van der Waals surface area (Å²) in [5.74, 6) is 1.31. The SMILES string of the molecule is CCCCC(CC)CC(O)COc1cccc(Cl)c1. The molecule has 2 unspecified atom stereocenters. The molecule has 3 heteroatoms. The number of aliphatic hydroxyl groups excluding tert-OH is 1. The van der Waals surface area contributed by atoms with Crippen LogP contribution in [-0.2, 0) is 0 Å². The molecular weight excluding hydrogens is 260 g/mol. The Morgan fingerprint density at radius 1 is 1.32 bits per heavy atom. The zero-order valence-electron chi connectivity index (χ0n) is 11.9. The molecule has 108 valence electrons. The van der Waals surface area contributed by atoms with Crippen LogP contribution in [0.1, 0.15) is 46.0 Å². The predicted octanol–water partition coefficient (Wildman–Crippen LogP) is 4.69. The molecule has 0 saturated carbocycles. The maximum atomic E-state index is 10.0. The molecule has 0 radical (unpaired) electrons. The van der Waals surface area contributed by atoms with E-state index >= 15 is 0 Å². The Kier molecular flexibility index (Phi) is 7.92. The number of ether oxygens (including phenoxy) is 1. The van der Waals surface area contributed by atoms with Crippen LogP contribution in [0.2, 0.25) is 5.02 Å². The molecule has 0 bridgehead atoms. The predicted molar refractivity (Wildman–Crippen MR) is 80.9 cm³/mol. The number of halogens is 1. The highest BCUT2D eigenvalue weighted by molar-refractivity contribution is 6.30. The van der Waals surface area contributed by atoms with Crippen LogP contribution >= 0.6 is 11.6 Å². The van der Waals surface area contributed by atoms with Crippen molar-refractivity contribution in [3.05, 3.63) is 29.3 Å². The Morgan fingerprint density at radius 3 is 2.74 bits per heavy atom. The summed E-state index contributed by atoms with van der Waals surface area (Å²) in [4.78, 5) is 0. The second-order valence-electron chi connectivity index (χ2n) is 5.07. The zero-order chi connectivity index (χ0) is 14.1. The van der Waals surface area contributed by atoms with Crippen molar-refractivity contribution >= 4 is 11.6 Å². The van der Waals surface area contributed by atoms with Gasteiger partial charge in [-0.1, -0.05) is 57.2 Å². The number of aliphatic hydroxyl groups is 1. The van der Waals surface area contributed by atoms with E-state index in [1.165, 1.54) is 19.3 Å². The van der Waals surface area contributed by atoms with Gasteiger partial charge in [-0.15, -0.1) is 0 Å². The Morgan fingerprint density at radius 2 is 2.11 bits per heavy atom. The molecule has 0 heterocycles. The Hall–Kier alpha value is -0.730. The van der Waals surface area contributed by atoms with Gasteiger partial charge in [-0.25, -0.2) is 0 Å². The summed E-state index contributed by atoms with van der Waals surface area (Å²) in [7, 11) is 0. The first-order chi connectivity index (χ1) is 9.15. The average Bonchev–Trinajstić information content (AvgIpc) is 2.41.